The van der Waals surface area contributed by atoms with E-state index in [0.29, 0.717) is 0 Å². The number of halogens is 4. The number of rotatable bonds is 2. The Hall–Kier alpha value is -2.45. The van der Waals surface area contributed by atoms with Crippen molar-refractivity contribution in [2.45, 2.75) is 6.18 Å². The molecule has 9 heteroatoms. The largest absolute Gasteiger partial charge is 0.451 e. The summed E-state index contributed by atoms with van der Waals surface area (Å²) >= 11 is 0. The van der Waals surface area contributed by atoms with Crippen molar-refractivity contribution >= 4 is 5.95 Å². The highest BCUT2D eigenvalue weighted by atomic mass is 19.4. The normalized spacial score (nSPS) is 11.4. The molecule has 2 rings (SSSR count). The minimum Gasteiger partial charge on any atom is -0.421 e. The maximum atomic E-state index is 13.3. The third-order valence-electron chi connectivity index (χ3n) is 1.92. The van der Waals surface area contributed by atoms with Gasteiger partial charge in [0.25, 0.3) is 0 Å². The van der Waals surface area contributed by atoms with Crippen LogP contribution in [0.3, 0.4) is 0 Å². The van der Waals surface area contributed by atoms with Crippen LogP contribution in [-0.4, -0.2) is 15.0 Å². The van der Waals surface area contributed by atoms with Crippen LogP contribution in [0.25, 0.3) is 0 Å². The number of hydrogen-bond donors (Lipinski definition) is 1. The van der Waals surface area contributed by atoms with Crippen molar-refractivity contribution in [3.8, 4) is 11.8 Å². The molecule has 0 atom stereocenters. The number of ether oxygens (including phenoxy) is 1. The molecule has 0 aliphatic heterocycles. The van der Waals surface area contributed by atoms with Crippen molar-refractivity contribution in [1.29, 1.82) is 0 Å². The topological polar surface area (TPSA) is 73.9 Å². The summed E-state index contributed by atoms with van der Waals surface area (Å²) in [5.74, 6) is -3.27. The van der Waals surface area contributed by atoms with Gasteiger partial charge in [0.15, 0.2) is 11.6 Å². The zero-order valence-electron chi connectivity index (χ0n) is 9.15. The van der Waals surface area contributed by atoms with Gasteiger partial charge in [0.2, 0.25) is 11.8 Å². The van der Waals surface area contributed by atoms with E-state index in [0.717, 1.165) is 6.07 Å². The monoisotopic (exact) mass is 274 g/mol. The van der Waals surface area contributed by atoms with E-state index in [4.69, 9.17) is 10.5 Å². The van der Waals surface area contributed by atoms with E-state index in [-0.39, 0.29) is 5.75 Å². The van der Waals surface area contributed by atoms with Gasteiger partial charge in [-0.15, -0.1) is 0 Å². The summed E-state index contributed by atoms with van der Waals surface area (Å²) < 4.78 is 55.4. The molecule has 5 nitrogen and oxygen atoms in total. The first-order valence-corrected chi connectivity index (χ1v) is 4.87. The van der Waals surface area contributed by atoms with Crippen LogP contribution in [-0.2, 0) is 6.18 Å². The van der Waals surface area contributed by atoms with Crippen LogP contribution < -0.4 is 10.5 Å². The van der Waals surface area contributed by atoms with E-state index in [9.17, 15) is 17.6 Å². The number of nitrogens with two attached hydrogens (primary N) is 1. The fourth-order valence-corrected chi connectivity index (χ4v) is 1.17. The Labute approximate surface area is 104 Å². The van der Waals surface area contributed by atoms with Gasteiger partial charge in [0, 0.05) is 0 Å². The van der Waals surface area contributed by atoms with Crippen molar-refractivity contribution in [2.75, 3.05) is 5.73 Å². The Morgan fingerprint density at radius 1 is 1.05 bits per heavy atom. The first-order chi connectivity index (χ1) is 8.86. The number of benzene rings is 1. The van der Waals surface area contributed by atoms with E-state index >= 15 is 0 Å². The minimum absolute atomic E-state index is 0.318. The van der Waals surface area contributed by atoms with Gasteiger partial charge in [-0.3, -0.25) is 0 Å². The molecule has 0 aliphatic carbocycles. The molecule has 0 saturated heterocycles. The lowest BCUT2D eigenvalue weighted by Gasteiger charge is -2.08. The van der Waals surface area contributed by atoms with E-state index in [1.165, 1.54) is 18.2 Å². The molecule has 0 saturated carbocycles. The van der Waals surface area contributed by atoms with E-state index in [1.807, 2.05) is 0 Å². The average Bonchev–Trinajstić information content (AvgIpc) is 2.30. The maximum Gasteiger partial charge on any atom is 0.451 e. The maximum absolute atomic E-state index is 13.3. The van der Waals surface area contributed by atoms with Crippen molar-refractivity contribution < 1.29 is 22.3 Å². The molecule has 19 heavy (non-hydrogen) atoms. The zero-order chi connectivity index (χ0) is 14.0. The van der Waals surface area contributed by atoms with Gasteiger partial charge in [0.1, 0.15) is 0 Å². The third kappa shape index (κ3) is 3.06. The van der Waals surface area contributed by atoms with Gasteiger partial charge in [-0.2, -0.15) is 28.1 Å². The highest BCUT2D eigenvalue weighted by Gasteiger charge is 2.36. The predicted molar refractivity (Wildman–Crippen MR) is 55.7 cm³/mol. The number of nitrogens with zero attached hydrogens (tertiary/aromatic N) is 3. The van der Waals surface area contributed by atoms with Crippen molar-refractivity contribution in [2.24, 2.45) is 0 Å². The van der Waals surface area contributed by atoms with Crippen LogP contribution in [0.15, 0.2) is 24.3 Å². The molecule has 2 N–H and O–H groups in total. The molecule has 1 heterocycles. The lowest BCUT2D eigenvalue weighted by molar-refractivity contribution is -0.145. The molecule has 0 bridgehead atoms. The predicted octanol–water partition coefficient (Wildman–Crippen LogP) is 2.40. The van der Waals surface area contributed by atoms with Gasteiger partial charge in [-0.25, -0.2) is 4.39 Å². The Morgan fingerprint density at radius 2 is 1.74 bits per heavy atom. The third-order valence-corrected chi connectivity index (χ3v) is 1.92. The van der Waals surface area contributed by atoms with Crippen LogP contribution in [0.2, 0.25) is 0 Å². The van der Waals surface area contributed by atoms with Gasteiger partial charge in [-0.1, -0.05) is 12.1 Å². The van der Waals surface area contributed by atoms with Crippen LogP contribution in [0.5, 0.6) is 11.8 Å². The van der Waals surface area contributed by atoms with Gasteiger partial charge >= 0.3 is 12.2 Å². The number of nitrogen functional groups attached to an aromatic ring is 1. The molecule has 0 aliphatic rings. The molecule has 0 fully saturated rings. The molecule has 0 unspecified atom stereocenters. The second kappa shape index (κ2) is 4.67. The molecule has 0 amide bonds. The first-order valence-electron chi connectivity index (χ1n) is 4.87. The number of anilines is 1. The van der Waals surface area contributed by atoms with Crippen LogP contribution in [0, 0.1) is 5.82 Å². The molecule has 1 aromatic heterocycles. The minimum atomic E-state index is -4.80. The Bertz CT molecular complexity index is 602. The molecule has 2 aromatic rings. The SMILES string of the molecule is Nc1nc(Oc2ccccc2F)nc(C(F)(F)F)n1. The first kappa shape index (κ1) is 13.0. The van der Waals surface area contributed by atoms with Crippen molar-refractivity contribution in [1.82, 2.24) is 15.0 Å². The van der Waals surface area contributed by atoms with Gasteiger partial charge < -0.3 is 10.5 Å². The zero-order valence-corrected chi connectivity index (χ0v) is 9.15. The number of alkyl halides is 3. The standard InChI is InChI=1S/C10H6F4N4O/c11-5-3-1-2-4-6(5)19-9-17-7(10(12,13)14)16-8(15)18-9/h1-4H,(H2,15,16,17,18). The van der Waals surface area contributed by atoms with E-state index in [1.54, 1.807) is 0 Å². The quantitative estimate of drug-likeness (QED) is 0.851. The average molecular weight is 274 g/mol. The second-order valence-electron chi connectivity index (χ2n) is 3.33. The summed E-state index contributed by atoms with van der Waals surface area (Å²) in [5, 5.41) is 0. The number of hydrogen-bond acceptors (Lipinski definition) is 5. The molecule has 1 aromatic carbocycles. The highest BCUT2D eigenvalue weighted by molar-refractivity contribution is 5.28. The van der Waals surface area contributed by atoms with E-state index in [2.05, 4.69) is 15.0 Å². The lowest BCUT2D eigenvalue weighted by Crippen LogP contribution is -2.14. The smallest absolute Gasteiger partial charge is 0.421 e. The Morgan fingerprint density at radius 3 is 2.37 bits per heavy atom. The molecule has 0 spiro atoms. The van der Waals surface area contributed by atoms with Gasteiger partial charge in [0.05, 0.1) is 0 Å². The fourth-order valence-electron chi connectivity index (χ4n) is 1.17. The molecular weight excluding hydrogens is 268 g/mol. The summed E-state index contributed by atoms with van der Waals surface area (Å²) in [7, 11) is 0. The van der Waals surface area contributed by atoms with Crippen molar-refractivity contribution in [3.05, 3.63) is 35.9 Å². The molecule has 0 radical (unpaired) electrons. The van der Waals surface area contributed by atoms with E-state index < -0.39 is 29.8 Å². The summed E-state index contributed by atoms with van der Waals surface area (Å²) in [6, 6.07) is 4.39. The summed E-state index contributed by atoms with van der Waals surface area (Å²) in [6.07, 6.45) is -4.80. The summed E-state index contributed by atoms with van der Waals surface area (Å²) in [5.41, 5.74) is 5.11. The molecular formula is C10H6F4N4O. The summed E-state index contributed by atoms with van der Waals surface area (Å²) in [4.78, 5) is 9.30. The van der Waals surface area contributed by atoms with Gasteiger partial charge in [-0.05, 0) is 12.1 Å². The summed E-state index contributed by atoms with van der Waals surface area (Å²) in [6.45, 7) is 0. The second-order valence-corrected chi connectivity index (χ2v) is 3.33. The lowest BCUT2D eigenvalue weighted by atomic mass is 10.3. The number of para-hydroxylation sites is 1. The van der Waals surface area contributed by atoms with Crippen LogP contribution >= 0.6 is 0 Å². The fraction of sp³-hybridized carbons (Fsp3) is 0.100. The van der Waals surface area contributed by atoms with Crippen LogP contribution in [0.1, 0.15) is 5.82 Å². The Balaban J connectivity index is 2.36. The number of aromatic nitrogens is 3. The van der Waals surface area contributed by atoms with Crippen molar-refractivity contribution in [3.63, 3.8) is 0 Å². The Kier molecular flexibility index (Phi) is 3.19. The van der Waals surface area contributed by atoms with Crippen LogP contribution in [0.4, 0.5) is 23.5 Å². The highest BCUT2D eigenvalue weighted by Crippen LogP contribution is 2.28. The molecule has 100 valence electrons.